The summed E-state index contributed by atoms with van der Waals surface area (Å²) in [6.45, 7) is 9.04. The summed E-state index contributed by atoms with van der Waals surface area (Å²) < 4.78 is 0. The first-order chi connectivity index (χ1) is 5.61. The van der Waals surface area contributed by atoms with E-state index in [-0.39, 0.29) is 0 Å². The molecular weight excluding hydrogens is 148 g/mol. The molecular formula is C10H22N2. The van der Waals surface area contributed by atoms with E-state index >= 15 is 0 Å². The van der Waals surface area contributed by atoms with Gasteiger partial charge in [-0.3, -0.25) is 4.90 Å². The average molecular weight is 170 g/mol. The molecule has 1 fully saturated rings. The number of rotatable bonds is 3. The summed E-state index contributed by atoms with van der Waals surface area (Å²) in [4.78, 5) is 2.55. The molecule has 1 heterocycles. The third-order valence-corrected chi connectivity index (χ3v) is 2.71. The van der Waals surface area contributed by atoms with Crippen LogP contribution in [0.3, 0.4) is 0 Å². The van der Waals surface area contributed by atoms with Gasteiger partial charge in [-0.15, -0.1) is 0 Å². The van der Waals surface area contributed by atoms with Gasteiger partial charge in [-0.1, -0.05) is 13.8 Å². The molecule has 2 nitrogen and oxygen atoms in total. The molecule has 0 aromatic heterocycles. The van der Waals surface area contributed by atoms with Gasteiger partial charge in [0.2, 0.25) is 0 Å². The van der Waals surface area contributed by atoms with Crippen LogP contribution in [0.2, 0.25) is 0 Å². The molecule has 2 N–H and O–H groups in total. The van der Waals surface area contributed by atoms with Crippen LogP contribution in [-0.4, -0.2) is 30.1 Å². The number of hydrogen-bond acceptors (Lipinski definition) is 2. The molecule has 0 aromatic carbocycles. The fraction of sp³-hybridized carbons (Fsp3) is 1.00. The van der Waals surface area contributed by atoms with Gasteiger partial charge in [0, 0.05) is 18.6 Å². The van der Waals surface area contributed by atoms with Crippen molar-refractivity contribution in [1.82, 2.24) is 4.90 Å². The molecule has 0 amide bonds. The highest BCUT2D eigenvalue weighted by atomic mass is 15.2. The monoisotopic (exact) mass is 170 g/mol. The van der Waals surface area contributed by atoms with Crippen LogP contribution in [0.1, 0.15) is 33.6 Å². The van der Waals surface area contributed by atoms with Crippen molar-refractivity contribution < 1.29 is 0 Å². The summed E-state index contributed by atoms with van der Waals surface area (Å²) >= 11 is 0. The minimum absolute atomic E-state index is 0.323. The Balaban J connectivity index is 2.41. The Kier molecular flexibility index (Phi) is 3.53. The third-order valence-electron chi connectivity index (χ3n) is 2.71. The summed E-state index contributed by atoms with van der Waals surface area (Å²) in [6, 6.07) is 1.11. The number of nitrogens with two attached hydrogens (primary N) is 1. The molecule has 0 spiro atoms. The Morgan fingerprint density at radius 3 is 2.58 bits per heavy atom. The molecule has 1 saturated heterocycles. The molecule has 1 rings (SSSR count). The van der Waals surface area contributed by atoms with Crippen LogP contribution in [0.15, 0.2) is 0 Å². The molecule has 72 valence electrons. The van der Waals surface area contributed by atoms with Crippen LogP contribution in [0.5, 0.6) is 0 Å². The summed E-state index contributed by atoms with van der Waals surface area (Å²) in [7, 11) is 0. The summed E-state index contributed by atoms with van der Waals surface area (Å²) in [6.07, 6.45) is 2.72. The maximum absolute atomic E-state index is 5.79. The van der Waals surface area contributed by atoms with Gasteiger partial charge in [0.15, 0.2) is 0 Å². The highest BCUT2D eigenvalue weighted by molar-refractivity contribution is 4.82. The highest BCUT2D eigenvalue weighted by Crippen LogP contribution is 2.23. The second-order valence-electron chi connectivity index (χ2n) is 4.43. The highest BCUT2D eigenvalue weighted by Gasteiger charge is 2.26. The van der Waals surface area contributed by atoms with E-state index in [0.717, 1.165) is 18.5 Å². The molecule has 1 aliphatic rings. The van der Waals surface area contributed by atoms with Gasteiger partial charge in [0.25, 0.3) is 0 Å². The van der Waals surface area contributed by atoms with Crippen molar-refractivity contribution in [3.05, 3.63) is 0 Å². The van der Waals surface area contributed by atoms with Gasteiger partial charge in [-0.05, 0) is 32.2 Å². The molecule has 0 saturated carbocycles. The fourth-order valence-corrected chi connectivity index (χ4v) is 2.20. The summed E-state index contributed by atoms with van der Waals surface area (Å²) in [5.74, 6) is 0.784. The smallest absolute Gasteiger partial charge is 0.0139 e. The Hall–Kier alpha value is -0.0800. The topological polar surface area (TPSA) is 29.3 Å². The Morgan fingerprint density at radius 2 is 2.08 bits per heavy atom. The molecule has 1 aliphatic heterocycles. The predicted octanol–water partition coefficient (Wildman–Crippen LogP) is 1.45. The fourth-order valence-electron chi connectivity index (χ4n) is 2.20. The van der Waals surface area contributed by atoms with Crippen LogP contribution in [0, 0.1) is 5.92 Å². The Labute approximate surface area is 76.1 Å². The number of hydrogen-bond donors (Lipinski definition) is 1. The third kappa shape index (κ3) is 2.46. The molecule has 2 atom stereocenters. The van der Waals surface area contributed by atoms with Crippen LogP contribution < -0.4 is 5.73 Å². The molecule has 0 aliphatic carbocycles. The van der Waals surface area contributed by atoms with E-state index in [0.29, 0.717) is 6.04 Å². The number of likely N-dealkylation sites (tertiary alicyclic amines) is 1. The van der Waals surface area contributed by atoms with E-state index in [2.05, 4.69) is 25.7 Å². The molecule has 2 unspecified atom stereocenters. The lowest BCUT2D eigenvalue weighted by atomic mass is 10.0. The van der Waals surface area contributed by atoms with Gasteiger partial charge in [-0.25, -0.2) is 0 Å². The van der Waals surface area contributed by atoms with Crippen molar-refractivity contribution in [2.24, 2.45) is 11.7 Å². The second kappa shape index (κ2) is 4.24. The van der Waals surface area contributed by atoms with Gasteiger partial charge in [0.1, 0.15) is 0 Å². The van der Waals surface area contributed by atoms with Crippen molar-refractivity contribution >= 4 is 0 Å². The first-order valence-corrected chi connectivity index (χ1v) is 5.11. The minimum Gasteiger partial charge on any atom is -0.327 e. The van der Waals surface area contributed by atoms with Gasteiger partial charge < -0.3 is 5.73 Å². The standard InChI is InChI=1S/C10H22N2/c1-8(2)10-5-4-6-12(10)7-9(3)11/h8-10H,4-7,11H2,1-3H3. The Morgan fingerprint density at radius 1 is 1.42 bits per heavy atom. The largest absolute Gasteiger partial charge is 0.327 e. The lowest BCUT2D eigenvalue weighted by molar-refractivity contribution is 0.198. The quantitative estimate of drug-likeness (QED) is 0.694. The molecule has 2 heteroatoms. The lowest BCUT2D eigenvalue weighted by Gasteiger charge is -2.28. The van der Waals surface area contributed by atoms with Gasteiger partial charge >= 0.3 is 0 Å². The zero-order chi connectivity index (χ0) is 9.14. The van der Waals surface area contributed by atoms with E-state index in [9.17, 15) is 0 Å². The van der Waals surface area contributed by atoms with Crippen molar-refractivity contribution in [3.8, 4) is 0 Å². The first kappa shape index (κ1) is 10.0. The first-order valence-electron chi connectivity index (χ1n) is 5.11. The maximum atomic E-state index is 5.79. The van der Waals surface area contributed by atoms with E-state index in [1.54, 1.807) is 0 Å². The molecule has 0 radical (unpaired) electrons. The van der Waals surface area contributed by atoms with E-state index in [4.69, 9.17) is 5.73 Å². The SMILES string of the molecule is CC(N)CN1CCCC1C(C)C. The molecule has 0 bridgehead atoms. The van der Waals surface area contributed by atoms with Gasteiger partial charge in [-0.2, -0.15) is 0 Å². The van der Waals surface area contributed by atoms with Crippen LogP contribution >= 0.6 is 0 Å². The zero-order valence-electron chi connectivity index (χ0n) is 8.59. The lowest BCUT2D eigenvalue weighted by Crippen LogP contribution is -2.40. The van der Waals surface area contributed by atoms with Crippen molar-refractivity contribution in [2.45, 2.75) is 45.7 Å². The second-order valence-corrected chi connectivity index (χ2v) is 4.43. The normalized spacial score (nSPS) is 28.2. The van der Waals surface area contributed by atoms with E-state index in [1.165, 1.54) is 19.4 Å². The van der Waals surface area contributed by atoms with Crippen LogP contribution in [-0.2, 0) is 0 Å². The van der Waals surface area contributed by atoms with Crippen molar-refractivity contribution in [3.63, 3.8) is 0 Å². The van der Waals surface area contributed by atoms with Crippen LogP contribution in [0.25, 0.3) is 0 Å². The average Bonchev–Trinajstić information content (AvgIpc) is 2.33. The van der Waals surface area contributed by atoms with E-state index in [1.807, 2.05) is 0 Å². The van der Waals surface area contributed by atoms with Crippen molar-refractivity contribution in [1.29, 1.82) is 0 Å². The summed E-state index contributed by atoms with van der Waals surface area (Å²) in [5.41, 5.74) is 5.79. The molecule has 12 heavy (non-hydrogen) atoms. The van der Waals surface area contributed by atoms with E-state index < -0.39 is 0 Å². The predicted molar refractivity (Wildman–Crippen MR) is 53.1 cm³/mol. The number of nitrogens with zero attached hydrogens (tertiary/aromatic N) is 1. The maximum Gasteiger partial charge on any atom is 0.0139 e. The van der Waals surface area contributed by atoms with Crippen molar-refractivity contribution in [2.75, 3.05) is 13.1 Å². The Bertz CT molecular complexity index is 132. The molecule has 0 aromatic rings. The zero-order valence-corrected chi connectivity index (χ0v) is 8.59. The summed E-state index contributed by atoms with van der Waals surface area (Å²) in [5, 5.41) is 0. The van der Waals surface area contributed by atoms with Gasteiger partial charge in [0.05, 0.1) is 0 Å². The minimum atomic E-state index is 0.323. The van der Waals surface area contributed by atoms with Crippen LogP contribution in [0.4, 0.5) is 0 Å².